The summed E-state index contributed by atoms with van der Waals surface area (Å²) >= 11 is 12.3. The summed E-state index contributed by atoms with van der Waals surface area (Å²) in [6.45, 7) is 9.78. The van der Waals surface area contributed by atoms with Gasteiger partial charge >= 0.3 is 18.0 Å². The predicted octanol–water partition coefficient (Wildman–Crippen LogP) is 7.33. The Kier molecular flexibility index (Phi) is 6.88. The summed E-state index contributed by atoms with van der Waals surface area (Å²) in [7, 11) is 0. The minimum Gasteiger partial charge on any atom is -0.424 e. The number of aryl methyl sites for hydroxylation is 1. The zero-order chi connectivity index (χ0) is 30.4. The summed E-state index contributed by atoms with van der Waals surface area (Å²) in [4.78, 5) is 25.0. The Hall–Kier alpha value is -5.38. The molecule has 0 N–H and O–H groups in total. The largest absolute Gasteiger partial charge is 0.424 e. The summed E-state index contributed by atoms with van der Waals surface area (Å²) in [5.74, 6) is 1.99. The van der Waals surface area contributed by atoms with E-state index in [9.17, 15) is 0 Å². The molecular weight excluding hydrogens is 599 g/mol. The molecule has 0 aliphatic rings. The van der Waals surface area contributed by atoms with E-state index in [1.54, 1.807) is 6.92 Å². The summed E-state index contributed by atoms with van der Waals surface area (Å²) in [5.41, 5.74) is 0. The minimum atomic E-state index is -0.0872. The number of hydrogen-bond donors (Lipinski definition) is 0. The van der Waals surface area contributed by atoms with Crippen molar-refractivity contribution in [3.05, 3.63) is 106 Å². The molecule has 0 unspecified atom stereocenters. The molecule has 2 aromatic heterocycles. The van der Waals surface area contributed by atoms with E-state index in [1.807, 2.05) is 78.9 Å². The van der Waals surface area contributed by atoms with Gasteiger partial charge in [-0.05, 0) is 99.2 Å². The average molecular weight is 619 g/mol. The molecule has 44 heavy (non-hydrogen) atoms. The van der Waals surface area contributed by atoms with Crippen LogP contribution in [0.25, 0.3) is 45.5 Å². The van der Waals surface area contributed by atoms with Gasteiger partial charge in [-0.15, -0.1) is 4.98 Å². The van der Waals surface area contributed by atoms with Gasteiger partial charge < -0.3 is 14.2 Å². The predicted molar refractivity (Wildman–Crippen MR) is 170 cm³/mol. The van der Waals surface area contributed by atoms with Crippen LogP contribution in [0.2, 0.25) is 10.6 Å². The number of hydrogen-bond acceptors (Lipinski definition) is 9. The van der Waals surface area contributed by atoms with Crippen molar-refractivity contribution in [1.29, 1.82) is 0 Å². The smallest absolute Gasteiger partial charge is 0.329 e. The second-order valence-corrected chi connectivity index (χ2v) is 10.5. The lowest BCUT2D eigenvalue weighted by Crippen LogP contribution is -2.20. The third kappa shape index (κ3) is 5.42. The van der Waals surface area contributed by atoms with Gasteiger partial charge in [-0.25, -0.2) is 4.98 Å². The number of rotatable bonds is 6. The highest BCUT2D eigenvalue weighted by Crippen LogP contribution is 2.37. The van der Waals surface area contributed by atoms with Gasteiger partial charge in [0.15, 0.2) is 0 Å². The van der Waals surface area contributed by atoms with E-state index in [4.69, 9.17) is 37.4 Å². The van der Waals surface area contributed by atoms with Crippen molar-refractivity contribution in [3.8, 4) is 35.3 Å². The average Bonchev–Trinajstić information content (AvgIpc) is 2.97. The van der Waals surface area contributed by atoms with Crippen LogP contribution in [0.15, 0.2) is 78.9 Å². The number of benzene rings is 5. The van der Waals surface area contributed by atoms with E-state index in [0.29, 0.717) is 23.1 Å². The molecule has 0 aliphatic carbocycles. The van der Waals surface area contributed by atoms with Gasteiger partial charge in [0.05, 0.1) is 0 Å². The molecule has 0 aliphatic heterocycles. The van der Waals surface area contributed by atoms with Crippen LogP contribution >= 0.6 is 23.2 Å². The maximum absolute atomic E-state index is 6.28. The van der Waals surface area contributed by atoms with Crippen molar-refractivity contribution in [2.24, 2.45) is 0 Å². The zero-order valence-electron chi connectivity index (χ0n) is 23.1. The molecule has 0 saturated carbocycles. The van der Waals surface area contributed by atoms with E-state index in [-0.39, 0.29) is 28.6 Å². The topological polar surface area (TPSA) is 105 Å². The fraction of sp³-hybridized carbons (Fsp3) is 0.0303. The Labute approximate surface area is 260 Å². The standard InChI is InChI=1S/C33H20Cl2N6O3/c1-17-13-20-7-4-10-26(23(20)14-18(17)2)43-32-39-30(35)40-33(41-32)44-28-12-6-9-22-15-21-8-5-11-27(24(21)16-25(22)28)42-31-37-19(3)36-29(34)38-31/h4-16H,1-2H2,3H3. The highest BCUT2D eigenvalue weighted by Gasteiger charge is 2.15. The highest BCUT2D eigenvalue weighted by atomic mass is 35.5. The van der Waals surface area contributed by atoms with Crippen molar-refractivity contribution < 1.29 is 14.2 Å². The number of ether oxygens (including phenoxy) is 3. The molecule has 214 valence electrons. The van der Waals surface area contributed by atoms with Gasteiger partial charge in [-0.3, -0.25) is 0 Å². The first kappa shape index (κ1) is 27.5. The molecule has 0 spiro atoms. The summed E-state index contributed by atoms with van der Waals surface area (Å²) < 4.78 is 18.3. The molecule has 0 amide bonds. The molecule has 5 aromatic carbocycles. The van der Waals surface area contributed by atoms with Gasteiger partial charge in [-0.1, -0.05) is 49.6 Å². The molecule has 0 bridgehead atoms. The van der Waals surface area contributed by atoms with Crippen molar-refractivity contribution in [2.45, 2.75) is 6.92 Å². The Morgan fingerprint density at radius 2 is 0.932 bits per heavy atom. The number of nitrogens with zero attached hydrogens (tertiary/aromatic N) is 6. The fourth-order valence-electron chi connectivity index (χ4n) is 4.82. The van der Waals surface area contributed by atoms with Crippen LogP contribution in [0.5, 0.6) is 35.3 Å². The third-order valence-corrected chi connectivity index (χ3v) is 7.17. The van der Waals surface area contributed by atoms with Crippen LogP contribution in [0.4, 0.5) is 0 Å². The second-order valence-electron chi connectivity index (χ2n) is 9.81. The number of halogens is 2. The minimum absolute atomic E-state index is 0.0236. The quantitative estimate of drug-likeness (QED) is 0.177. The number of aromatic nitrogens is 6. The van der Waals surface area contributed by atoms with Crippen LogP contribution < -0.4 is 24.6 Å². The summed E-state index contributed by atoms with van der Waals surface area (Å²) in [6, 6.07) is 24.9. The monoisotopic (exact) mass is 618 g/mol. The van der Waals surface area contributed by atoms with Crippen LogP contribution in [0.1, 0.15) is 5.82 Å². The lowest BCUT2D eigenvalue weighted by Gasteiger charge is -2.12. The molecule has 0 radical (unpaired) electrons. The van der Waals surface area contributed by atoms with Gasteiger partial charge in [0.2, 0.25) is 10.6 Å². The molecular formula is C33H20Cl2N6O3. The van der Waals surface area contributed by atoms with Gasteiger partial charge in [-0.2, -0.15) is 19.9 Å². The second kappa shape index (κ2) is 11.0. The molecule has 7 aromatic rings. The van der Waals surface area contributed by atoms with Gasteiger partial charge in [0.25, 0.3) is 0 Å². The fourth-order valence-corrected chi connectivity index (χ4v) is 5.16. The lowest BCUT2D eigenvalue weighted by molar-refractivity contribution is 0.401. The van der Waals surface area contributed by atoms with Crippen molar-refractivity contribution >= 4 is 68.7 Å². The first-order chi connectivity index (χ1) is 21.3. The van der Waals surface area contributed by atoms with E-state index < -0.39 is 0 Å². The first-order valence-electron chi connectivity index (χ1n) is 13.3. The summed E-state index contributed by atoms with van der Waals surface area (Å²) in [5, 5.41) is 6.80. The Bertz CT molecular complexity index is 2350. The molecule has 11 heteroatoms. The van der Waals surface area contributed by atoms with Crippen LogP contribution in [-0.2, 0) is 0 Å². The maximum Gasteiger partial charge on any atom is 0.329 e. The first-order valence-corrected chi connectivity index (χ1v) is 14.0. The molecule has 0 saturated heterocycles. The molecule has 9 nitrogen and oxygen atoms in total. The van der Waals surface area contributed by atoms with E-state index in [0.717, 1.165) is 42.8 Å². The van der Waals surface area contributed by atoms with E-state index in [2.05, 4.69) is 43.1 Å². The van der Waals surface area contributed by atoms with E-state index in [1.165, 1.54) is 0 Å². The zero-order valence-corrected chi connectivity index (χ0v) is 24.6. The molecule has 0 fully saturated rings. The van der Waals surface area contributed by atoms with E-state index >= 15 is 0 Å². The molecule has 7 rings (SSSR count). The Balaban J connectivity index is 1.25. The lowest BCUT2D eigenvalue weighted by atomic mass is 10.0. The SMILES string of the molecule is C=c1cc2cccc(Oc3nc(Cl)nc(Oc4cccc5cc6cccc(Oc7nc(C)nc(Cl)n7)c6cc45)n3)c2cc1=C. The van der Waals surface area contributed by atoms with Crippen molar-refractivity contribution in [3.63, 3.8) is 0 Å². The third-order valence-electron chi connectivity index (χ3n) is 6.83. The maximum atomic E-state index is 6.28. The normalized spacial score (nSPS) is 11.2. The van der Waals surface area contributed by atoms with Crippen LogP contribution in [0, 0.1) is 6.92 Å². The summed E-state index contributed by atoms with van der Waals surface area (Å²) in [6.07, 6.45) is 0. The highest BCUT2D eigenvalue weighted by molar-refractivity contribution is 6.28. The number of fused-ring (bicyclic) bond motifs is 3. The van der Waals surface area contributed by atoms with Crippen molar-refractivity contribution in [2.75, 3.05) is 0 Å². The van der Waals surface area contributed by atoms with Crippen LogP contribution in [0.3, 0.4) is 0 Å². The Morgan fingerprint density at radius 1 is 0.500 bits per heavy atom. The van der Waals surface area contributed by atoms with Crippen molar-refractivity contribution in [1.82, 2.24) is 29.9 Å². The van der Waals surface area contributed by atoms with Gasteiger partial charge in [0.1, 0.15) is 23.1 Å². The molecule has 2 heterocycles. The Morgan fingerprint density at radius 3 is 1.45 bits per heavy atom. The van der Waals surface area contributed by atoms with Gasteiger partial charge in [0, 0.05) is 16.2 Å². The van der Waals surface area contributed by atoms with Crippen LogP contribution in [-0.4, -0.2) is 29.9 Å². The molecule has 0 atom stereocenters.